The molecule has 0 aliphatic rings. The van der Waals surface area contributed by atoms with Crippen molar-refractivity contribution < 1.29 is 19.1 Å². The maximum absolute atomic E-state index is 12.1. The molecule has 1 amide bonds. The Morgan fingerprint density at radius 1 is 1.12 bits per heavy atom. The molecule has 7 heteroatoms. The Balaban J connectivity index is 1.82. The van der Waals surface area contributed by atoms with Crippen LogP contribution in [0, 0.1) is 0 Å². The van der Waals surface area contributed by atoms with Gasteiger partial charge in [-0.1, -0.05) is 42.3 Å². The van der Waals surface area contributed by atoms with Gasteiger partial charge in [-0.05, 0) is 49.2 Å². The van der Waals surface area contributed by atoms with E-state index in [4.69, 9.17) is 32.7 Å². The van der Waals surface area contributed by atoms with E-state index in [2.05, 4.69) is 12.2 Å². The number of esters is 1. The van der Waals surface area contributed by atoms with Crippen LogP contribution < -0.4 is 10.1 Å². The van der Waals surface area contributed by atoms with Crippen LogP contribution in [0.3, 0.4) is 0 Å². The Kier molecular flexibility index (Phi) is 7.30. The van der Waals surface area contributed by atoms with Crippen molar-refractivity contribution in [1.29, 1.82) is 0 Å². The molecule has 2 rings (SSSR count). The second-order valence-corrected chi connectivity index (χ2v) is 6.38. The smallest absolute Gasteiger partial charge is 0.344 e. The lowest BCUT2D eigenvalue weighted by Gasteiger charge is -2.14. The molecule has 1 atom stereocenters. The molecule has 0 unspecified atom stereocenters. The highest BCUT2D eigenvalue weighted by atomic mass is 35.5. The van der Waals surface area contributed by atoms with E-state index >= 15 is 0 Å². The summed E-state index contributed by atoms with van der Waals surface area (Å²) < 4.78 is 10.4. The van der Waals surface area contributed by atoms with Gasteiger partial charge in [-0.15, -0.1) is 0 Å². The van der Waals surface area contributed by atoms with Crippen molar-refractivity contribution >= 4 is 40.8 Å². The molecule has 0 radical (unpaired) electrons. The lowest BCUT2D eigenvalue weighted by molar-refractivity contribution is -0.155. The zero-order valence-electron chi connectivity index (χ0n) is 14.4. The van der Waals surface area contributed by atoms with Gasteiger partial charge in [0, 0.05) is 10.7 Å². The number of amides is 1. The fourth-order valence-corrected chi connectivity index (χ4v) is 2.54. The summed E-state index contributed by atoms with van der Waals surface area (Å²) in [6, 6.07) is 12.1. The highest BCUT2D eigenvalue weighted by Gasteiger charge is 2.18. The molecule has 1 N–H and O–H groups in total. The fourth-order valence-electron chi connectivity index (χ4n) is 2.08. The molecule has 5 nitrogen and oxygen atoms in total. The molecule has 0 fully saturated rings. The summed E-state index contributed by atoms with van der Waals surface area (Å²) in [6.45, 7) is 3.17. The molecule has 26 heavy (non-hydrogen) atoms. The number of anilines is 1. The third-order valence-electron chi connectivity index (χ3n) is 3.55. The van der Waals surface area contributed by atoms with Crippen molar-refractivity contribution in [2.45, 2.75) is 26.4 Å². The summed E-state index contributed by atoms with van der Waals surface area (Å²) >= 11 is 11.7. The largest absolute Gasteiger partial charge is 0.480 e. The van der Waals surface area contributed by atoms with E-state index in [1.54, 1.807) is 24.3 Å². The van der Waals surface area contributed by atoms with Crippen molar-refractivity contribution in [3.63, 3.8) is 0 Å². The minimum absolute atomic E-state index is 0.284. The SMILES string of the molecule is CCc1ccc(NC(=O)[C@@H](C)OC(=O)COc2ccc(Cl)cc2Cl)cc1. The summed E-state index contributed by atoms with van der Waals surface area (Å²) in [5.74, 6) is -0.798. The molecule has 138 valence electrons. The van der Waals surface area contributed by atoms with Crippen molar-refractivity contribution in [2.24, 2.45) is 0 Å². The van der Waals surface area contributed by atoms with Crippen LogP contribution in [0.2, 0.25) is 10.0 Å². The van der Waals surface area contributed by atoms with Crippen LogP contribution in [0.15, 0.2) is 42.5 Å². The molecular formula is C19H19Cl2NO4. The molecule has 2 aromatic carbocycles. The van der Waals surface area contributed by atoms with Gasteiger partial charge < -0.3 is 14.8 Å². The first-order chi connectivity index (χ1) is 12.4. The number of nitrogens with one attached hydrogen (secondary N) is 1. The van der Waals surface area contributed by atoms with Gasteiger partial charge in [0.05, 0.1) is 5.02 Å². The second kappa shape index (κ2) is 9.46. The number of aryl methyl sites for hydroxylation is 1. The standard InChI is InChI=1S/C19H19Cl2NO4/c1-3-13-4-7-15(8-5-13)22-19(24)12(2)26-18(23)11-25-17-9-6-14(20)10-16(17)21/h4-10,12H,3,11H2,1-2H3,(H,22,24)/t12-/m1/s1. The molecule has 0 saturated heterocycles. The lowest BCUT2D eigenvalue weighted by Crippen LogP contribution is -2.31. The van der Waals surface area contributed by atoms with Crippen LogP contribution in [-0.4, -0.2) is 24.6 Å². The van der Waals surface area contributed by atoms with Gasteiger partial charge in [-0.25, -0.2) is 4.79 Å². The van der Waals surface area contributed by atoms with Gasteiger partial charge in [0.15, 0.2) is 12.7 Å². The molecule has 2 aromatic rings. The number of carbonyl (C=O) groups excluding carboxylic acids is 2. The highest BCUT2D eigenvalue weighted by molar-refractivity contribution is 6.35. The van der Waals surface area contributed by atoms with Gasteiger partial charge in [-0.2, -0.15) is 0 Å². The number of halogens is 2. The van der Waals surface area contributed by atoms with Crippen LogP contribution in [-0.2, 0) is 20.7 Å². The molecule has 0 bridgehead atoms. The molecule has 0 aromatic heterocycles. The van der Waals surface area contributed by atoms with Crippen LogP contribution in [0.1, 0.15) is 19.4 Å². The summed E-state index contributed by atoms with van der Waals surface area (Å²) in [5, 5.41) is 3.44. The fraction of sp³-hybridized carbons (Fsp3) is 0.263. The van der Waals surface area contributed by atoms with Crippen LogP contribution in [0.25, 0.3) is 0 Å². The van der Waals surface area contributed by atoms with E-state index < -0.39 is 18.0 Å². The number of carbonyl (C=O) groups is 2. The van der Waals surface area contributed by atoms with Gasteiger partial charge in [0.25, 0.3) is 5.91 Å². The van der Waals surface area contributed by atoms with Gasteiger partial charge in [0.2, 0.25) is 0 Å². The lowest BCUT2D eigenvalue weighted by atomic mass is 10.1. The molecule has 0 aliphatic heterocycles. The summed E-state index contributed by atoms with van der Waals surface area (Å²) in [7, 11) is 0. The first-order valence-corrected chi connectivity index (χ1v) is 8.81. The first kappa shape index (κ1) is 20.1. The monoisotopic (exact) mass is 395 g/mol. The van der Waals surface area contributed by atoms with E-state index in [0.29, 0.717) is 16.5 Å². The first-order valence-electron chi connectivity index (χ1n) is 8.06. The van der Waals surface area contributed by atoms with Crippen molar-refractivity contribution in [1.82, 2.24) is 0 Å². The Labute approximate surface area is 162 Å². The predicted octanol–water partition coefficient (Wildman–Crippen LogP) is 4.51. The number of rotatable bonds is 7. The van der Waals surface area contributed by atoms with E-state index in [9.17, 15) is 9.59 Å². The van der Waals surface area contributed by atoms with Crippen LogP contribution in [0.5, 0.6) is 5.75 Å². The summed E-state index contributed by atoms with van der Waals surface area (Å²) in [4.78, 5) is 24.0. The maximum atomic E-state index is 12.1. The predicted molar refractivity (Wildman–Crippen MR) is 102 cm³/mol. The van der Waals surface area contributed by atoms with Gasteiger partial charge in [0.1, 0.15) is 5.75 Å². The van der Waals surface area contributed by atoms with E-state index in [1.807, 2.05) is 12.1 Å². The van der Waals surface area contributed by atoms with E-state index in [0.717, 1.165) is 6.42 Å². The molecular weight excluding hydrogens is 377 g/mol. The Morgan fingerprint density at radius 2 is 1.81 bits per heavy atom. The Morgan fingerprint density at radius 3 is 2.42 bits per heavy atom. The zero-order chi connectivity index (χ0) is 19.1. The van der Waals surface area contributed by atoms with Crippen molar-refractivity contribution in [2.75, 3.05) is 11.9 Å². The van der Waals surface area contributed by atoms with E-state index in [1.165, 1.54) is 18.6 Å². The average Bonchev–Trinajstić information content (AvgIpc) is 2.61. The number of hydrogen-bond acceptors (Lipinski definition) is 4. The van der Waals surface area contributed by atoms with Gasteiger partial charge >= 0.3 is 5.97 Å². The number of ether oxygens (including phenoxy) is 2. The molecule has 0 spiro atoms. The minimum Gasteiger partial charge on any atom is -0.480 e. The Bertz CT molecular complexity index is 778. The normalized spacial score (nSPS) is 11.5. The van der Waals surface area contributed by atoms with Crippen LogP contribution >= 0.6 is 23.2 Å². The quantitative estimate of drug-likeness (QED) is 0.700. The van der Waals surface area contributed by atoms with E-state index in [-0.39, 0.29) is 11.6 Å². The summed E-state index contributed by atoms with van der Waals surface area (Å²) in [6.07, 6.45) is -0.0440. The third kappa shape index (κ3) is 5.93. The topological polar surface area (TPSA) is 64.6 Å². The van der Waals surface area contributed by atoms with Crippen molar-refractivity contribution in [3.05, 3.63) is 58.1 Å². The molecule has 0 saturated carbocycles. The molecule has 0 heterocycles. The minimum atomic E-state index is -0.961. The maximum Gasteiger partial charge on any atom is 0.344 e. The number of hydrogen-bond donors (Lipinski definition) is 1. The highest BCUT2D eigenvalue weighted by Crippen LogP contribution is 2.27. The zero-order valence-corrected chi connectivity index (χ0v) is 15.9. The third-order valence-corrected chi connectivity index (χ3v) is 4.08. The summed E-state index contributed by atoms with van der Waals surface area (Å²) in [5.41, 5.74) is 1.81. The number of benzene rings is 2. The van der Waals surface area contributed by atoms with Crippen molar-refractivity contribution in [3.8, 4) is 5.75 Å². The van der Waals surface area contributed by atoms with Gasteiger partial charge in [-0.3, -0.25) is 4.79 Å². The molecule has 0 aliphatic carbocycles. The second-order valence-electron chi connectivity index (χ2n) is 5.54. The Hall–Kier alpha value is -2.24. The average molecular weight is 396 g/mol. The van der Waals surface area contributed by atoms with Crippen LogP contribution in [0.4, 0.5) is 5.69 Å².